The topological polar surface area (TPSA) is 32.9 Å². The minimum absolute atomic E-state index is 0.607. The number of aryl methyl sites for hydroxylation is 1. The van der Waals surface area contributed by atoms with E-state index in [1.54, 1.807) is 0 Å². The average molecular weight is 267 g/mol. The molecule has 4 rings (SSSR count). The highest BCUT2D eigenvalue weighted by atomic mass is 32.2. The second kappa shape index (κ2) is 3.81. The molecular formula is C16H13NOS. The number of para-hydroxylation sites is 1. The van der Waals surface area contributed by atoms with E-state index in [1.807, 2.05) is 24.3 Å². The normalized spacial score (nSPS) is 17.2. The Balaban J connectivity index is 2.16. The zero-order valence-corrected chi connectivity index (χ0v) is 11.4. The predicted octanol–water partition coefficient (Wildman–Crippen LogP) is 3.76. The minimum atomic E-state index is -0.941. The quantitative estimate of drug-likeness (QED) is 0.661. The fraction of sp³-hybridized carbons (Fsp3) is 0.125. The number of nitrogens with one attached hydrogen (secondary N) is 1. The number of H-pyrrole nitrogens is 1. The third-order valence-corrected chi connectivity index (χ3v) is 5.20. The third kappa shape index (κ3) is 1.45. The van der Waals surface area contributed by atoms with E-state index in [2.05, 4.69) is 30.1 Å². The highest BCUT2D eigenvalue weighted by Gasteiger charge is 2.26. The van der Waals surface area contributed by atoms with Gasteiger partial charge in [-0.1, -0.05) is 30.3 Å². The molecule has 3 heteroatoms. The van der Waals surface area contributed by atoms with Gasteiger partial charge < -0.3 is 4.98 Å². The van der Waals surface area contributed by atoms with Crippen LogP contribution in [0.1, 0.15) is 11.1 Å². The van der Waals surface area contributed by atoms with Crippen molar-refractivity contribution in [3.63, 3.8) is 0 Å². The van der Waals surface area contributed by atoms with Crippen LogP contribution in [0.3, 0.4) is 0 Å². The second-order valence-electron chi connectivity index (χ2n) is 4.96. The van der Waals surface area contributed by atoms with Crippen LogP contribution in [0.4, 0.5) is 0 Å². The first-order valence-electron chi connectivity index (χ1n) is 6.33. The van der Waals surface area contributed by atoms with Crippen molar-refractivity contribution in [3.8, 4) is 11.3 Å². The number of aromatic amines is 1. The van der Waals surface area contributed by atoms with E-state index in [-0.39, 0.29) is 0 Å². The smallest absolute Gasteiger partial charge is 0.0582 e. The van der Waals surface area contributed by atoms with Gasteiger partial charge in [-0.15, -0.1) is 0 Å². The fourth-order valence-corrected chi connectivity index (χ4v) is 4.36. The predicted molar refractivity (Wildman–Crippen MR) is 78.6 cm³/mol. The molecule has 0 amide bonds. The van der Waals surface area contributed by atoms with Crippen molar-refractivity contribution < 1.29 is 4.21 Å². The molecular weight excluding hydrogens is 254 g/mol. The summed E-state index contributed by atoms with van der Waals surface area (Å²) in [4.78, 5) is 4.46. The summed E-state index contributed by atoms with van der Waals surface area (Å²) in [6, 6.07) is 14.3. The van der Waals surface area contributed by atoms with Crippen molar-refractivity contribution in [2.24, 2.45) is 0 Å². The first-order chi connectivity index (χ1) is 9.25. The van der Waals surface area contributed by atoms with E-state index in [0.717, 1.165) is 21.7 Å². The number of aromatic nitrogens is 1. The highest BCUT2D eigenvalue weighted by molar-refractivity contribution is 7.84. The Morgan fingerprint density at radius 2 is 1.95 bits per heavy atom. The molecule has 1 aromatic heterocycles. The standard InChI is InChI=1S/C16H13NOS/c1-10-5-4-8-14-15(10)16-12(9-19(14)18)11-6-2-3-7-13(11)17-16/h2-8,17H,9H2,1H3. The Morgan fingerprint density at radius 3 is 2.84 bits per heavy atom. The lowest BCUT2D eigenvalue weighted by molar-refractivity contribution is 0.682. The molecule has 0 saturated carbocycles. The summed E-state index contributed by atoms with van der Waals surface area (Å²) in [5, 5.41) is 1.19. The SMILES string of the molecule is Cc1cccc2c1-c1[nH]c3ccccc3c1CS2=O. The van der Waals surface area contributed by atoms with Crippen LogP contribution in [0.2, 0.25) is 0 Å². The summed E-state index contributed by atoms with van der Waals surface area (Å²) < 4.78 is 12.4. The number of rotatable bonds is 0. The summed E-state index contributed by atoms with van der Waals surface area (Å²) >= 11 is 0. The molecule has 1 aliphatic rings. The first kappa shape index (κ1) is 11.0. The van der Waals surface area contributed by atoms with E-state index in [9.17, 15) is 4.21 Å². The second-order valence-corrected chi connectivity index (χ2v) is 6.38. The molecule has 0 saturated heterocycles. The van der Waals surface area contributed by atoms with E-state index >= 15 is 0 Å². The molecule has 0 bridgehead atoms. The third-order valence-electron chi connectivity index (χ3n) is 3.82. The maximum Gasteiger partial charge on any atom is 0.0582 e. The van der Waals surface area contributed by atoms with Crippen molar-refractivity contribution in [1.82, 2.24) is 4.98 Å². The number of fused-ring (bicyclic) bond motifs is 5. The van der Waals surface area contributed by atoms with Gasteiger partial charge in [-0.25, -0.2) is 0 Å². The van der Waals surface area contributed by atoms with Gasteiger partial charge in [-0.3, -0.25) is 4.21 Å². The van der Waals surface area contributed by atoms with Crippen molar-refractivity contribution in [2.45, 2.75) is 17.6 Å². The van der Waals surface area contributed by atoms with Crippen LogP contribution in [0.5, 0.6) is 0 Å². The van der Waals surface area contributed by atoms with Gasteiger partial charge in [0.2, 0.25) is 0 Å². The lowest BCUT2D eigenvalue weighted by Gasteiger charge is -2.18. The number of hydrogen-bond acceptors (Lipinski definition) is 1. The van der Waals surface area contributed by atoms with Crippen molar-refractivity contribution in [1.29, 1.82) is 0 Å². The average Bonchev–Trinajstić information content (AvgIpc) is 2.78. The zero-order valence-electron chi connectivity index (χ0n) is 10.6. The molecule has 2 aromatic carbocycles. The lowest BCUT2D eigenvalue weighted by atomic mass is 10.0. The van der Waals surface area contributed by atoms with Gasteiger partial charge in [0.1, 0.15) is 0 Å². The molecule has 3 aromatic rings. The molecule has 1 N–H and O–H groups in total. The maximum atomic E-state index is 12.4. The van der Waals surface area contributed by atoms with Gasteiger partial charge in [0, 0.05) is 21.4 Å². The Kier molecular flexibility index (Phi) is 2.21. The molecule has 0 fully saturated rings. The molecule has 1 atom stereocenters. The largest absolute Gasteiger partial charge is 0.354 e. The van der Waals surface area contributed by atoms with Crippen LogP contribution >= 0.6 is 0 Å². The Hall–Kier alpha value is -1.87. The zero-order chi connectivity index (χ0) is 13.0. The van der Waals surface area contributed by atoms with Crippen molar-refractivity contribution >= 4 is 21.7 Å². The molecule has 2 nitrogen and oxygen atoms in total. The van der Waals surface area contributed by atoms with Gasteiger partial charge >= 0.3 is 0 Å². The Labute approximate surface area is 113 Å². The first-order valence-corrected chi connectivity index (χ1v) is 7.65. The van der Waals surface area contributed by atoms with Crippen LogP contribution in [0, 0.1) is 6.92 Å². The Morgan fingerprint density at radius 1 is 1.11 bits per heavy atom. The van der Waals surface area contributed by atoms with Gasteiger partial charge in [-0.2, -0.15) is 0 Å². The molecule has 94 valence electrons. The van der Waals surface area contributed by atoms with Gasteiger partial charge in [0.05, 0.1) is 22.2 Å². The van der Waals surface area contributed by atoms with Gasteiger partial charge in [0.25, 0.3) is 0 Å². The van der Waals surface area contributed by atoms with Gasteiger partial charge in [-0.05, 0) is 30.2 Å². The summed E-state index contributed by atoms with van der Waals surface area (Å²) in [7, 11) is -0.941. The lowest BCUT2D eigenvalue weighted by Crippen LogP contribution is -2.07. The van der Waals surface area contributed by atoms with Crippen LogP contribution in [-0.4, -0.2) is 9.19 Å². The maximum absolute atomic E-state index is 12.4. The van der Waals surface area contributed by atoms with E-state index in [1.165, 1.54) is 16.5 Å². The summed E-state index contributed by atoms with van der Waals surface area (Å²) in [6.07, 6.45) is 0. The number of benzene rings is 2. The molecule has 1 aliphatic heterocycles. The monoisotopic (exact) mass is 267 g/mol. The van der Waals surface area contributed by atoms with Crippen LogP contribution in [0.25, 0.3) is 22.2 Å². The van der Waals surface area contributed by atoms with Gasteiger partial charge in [0.15, 0.2) is 0 Å². The molecule has 0 radical (unpaired) electrons. The van der Waals surface area contributed by atoms with Crippen molar-refractivity contribution in [2.75, 3.05) is 0 Å². The molecule has 19 heavy (non-hydrogen) atoms. The van der Waals surface area contributed by atoms with Crippen LogP contribution in [0.15, 0.2) is 47.4 Å². The summed E-state index contributed by atoms with van der Waals surface area (Å²) in [6.45, 7) is 2.08. The fourth-order valence-electron chi connectivity index (χ4n) is 2.92. The van der Waals surface area contributed by atoms with E-state index in [4.69, 9.17) is 0 Å². The van der Waals surface area contributed by atoms with E-state index in [0.29, 0.717) is 5.75 Å². The molecule has 0 spiro atoms. The summed E-state index contributed by atoms with van der Waals surface area (Å²) in [5.74, 6) is 0.607. The number of hydrogen-bond donors (Lipinski definition) is 1. The molecule has 1 unspecified atom stereocenters. The van der Waals surface area contributed by atoms with Crippen LogP contribution in [-0.2, 0) is 16.6 Å². The van der Waals surface area contributed by atoms with Crippen LogP contribution < -0.4 is 0 Å². The summed E-state index contributed by atoms with van der Waals surface area (Å²) in [5.41, 5.74) is 5.77. The van der Waals surface area contributed by atoms with Crippen molar-refractivity contribution in [3.05, 3.63) is 53.6 Å². The van der Waals surface area contributed by atoms with E-state index < -0.39 is 10.8 Å². The minimum Gasteiger partial charge on any atom is -0.354 e. The Bertz CT molecular complexity index is 832. The molecule has 0 aliphatic carbocycles. The highest BCUT2D eigenvalue weighted by Crippen LogP contribution is 2.40. The molecule has 2 heterocycles.